The van der Waals surface area contributed by atoms with Gasteiger partial charge in [0.15, 0.2) is 0 Å². The van der Waals surface area contributed by atoms with Crippen molar-refractivity contribution in [1.29, 1.82) is 0 Å². The maximum Gasteiger partial charge on any atom is 0.290 e. The molecule has 1 saturated heterocycles. The summed E-state index contributed by atoms with van der Waals surface area (Å²) in [4.78, 5) is 15.1. The third-order valence-corrected chi connectivity index (χ3v) is 4.53. The van der Waals surface area contributed by atoms with Gasteiger partial charge in [-0.25, -0.2) is 13.5 Å². The molecule has 0 atom stereocenters. The number of hydrogen-bond donors (Lipinski definition) is 1. The van der Waals surface area contributed by atoms with Crippen LogP contribution in [0.4, 0.5) is 14.5 Å². The van der Waals surface area contributed by atoms with Crippen molar-refractivity contribution in [2.45, 2.75) is 27.3 Å². The van der Waals surface area contributed by atoms with E-state index in [1.807, 2.05) is 18.7 Å². The van der Waals surface area contributed by atoms with Gasteiger partial charge in [-0.05, 0) is 25.0 Å². The van der Waals surface area contributed by atoms with E-state index in [4.69, 9.17) is 0 Å². The summed E-state index contributed by atoms with van der Waals surface area (Å²) in [5, 5.41) is 7.69. The van der Waals surface area contributed by atoms with Gasteiger partial charge in [0.05, 0.1) is 5.69 Å². The lowest BCUT2D eigenvalue weighted by Crippen LogP contribution is -2.47. The molecule has 0 radical (unpaired) electrons. The molecular weight excluding hydrogens is 338 g/mol. The third kappa shape index (κ3) is 3.62. The minimum Gasteiger partial charge on any atom is -0.364 e. The Morgan fingerprint density at radius 2 is 1.92 bits per heavy atom. The van der Waals surface area contributed by atoms with Crippen LogP contribution in [0.2, 0.25) is 0 Å². The van der Waals surface area contributed by atoms with E-state index in [9.17, 15) is 13.6 Å². The SMILES string of the molecule is Cc1c(-c2ccc(F)cc2F)nn(CC(C)C)c(=O)c1N1CCNCC1. The molecule has 1 aliphatic heterocycles. The number of aromatic nitrogens is 2. The molecule has 26 heavy (non-hydrogen) atoms. The highest BCUT2D eigenvalue weighted by Gasteiger charge is 2.23. The van der Waals surface area contributed by atoms with Crippen LogP contribution >= 0.6 is 0 Å². The Morgan fingerprint density at radius 3 is 2.54 bits per heavy atom. The molecule has 140 valence electrons. The van der Waals surface area contributed by atoms with Gasteiger partial charge in [0.2, 0.25) is 0 Å². The molecule has 1 aromatic carbocycles. The van der Waals surface area contributed by atoms with Crippen LogP contribution < -0.4 is 15.8 Å². The first-order valence-electron chi connectivity index (χ1n) is 8.91. The number of rotatable bonds is 4. The first-order valence-corrected chi connectivity index (χ1v) is 8.91. The Kier molecular flexibility index (Phi) is 5.36. The predicted molar refractivity (Wildman–Crippen MR) is 98.5 cm³/mol. The monoisotopic (exact) mass is 362 g/mol. The standard InChI is InChI=1S/C19H24F2N4O/c1-12(2)11-25-19(26)18(24-8-6-22-7-9-24)13(3)17(23-25)15-5-4-14(20)10-16(15)21/h4-5,10,12,22H,6-9,11H2,1-3H3. The summed E-state index contributed by atoms with van der Waals surface area (Å²) in [6.45, 7) is 9.18. The molecule has 0 spiro atoms. The van der Waals surface area contributed by atoms with Crippen molar-refractivity contribution in [1.82, 2.24) is 15.1 Å². The fourth-order valence-electron chi connectivity index (χ4n) is 3.30. The van der Waals surface area contributed by atoms with Crippen LogP contribution in [0.25, 0.3) is 11.3 Å². The van der Waals surface area contributed by atoms with Crippen molar-refractivity contribution in [3.8, 4) is 11.3 Å². The van der Waals surface area contributed by atoms with Crippen molar-refractivity contribution in [3.05, 3.63) is 45.8 Å². The number of anilines is 1. The van der Waals surface area contributed by atoms with Crippen LogP contribution in [0, 0.1) is 24.5 Å². The van der Waals surface area contributed by atoms with Crippen molar-refractivity contribution >= 4 is 5.69 Å². The quantitative estimate of drug-likeness (QED) is 0.908. The van der Waals surface area contributed by atoms with Crippen LogP contribution in [0.3, 0.4) is 0 Å². The summed E-state index contributed by atoms with van der Waals surface area (Å²) in [7, 11) is 0. The zero-order valence-electron chi connectivity index (χ0n) is 15.4. The first kappa shape index (κ1) is 18.5. The van der Waals surface area contributed by atoms with E-state index >= 15 is 0 Å². The molecule has 1 aromatic heterocycles. The van der Waals surface area contributed by atoms with E-state index in [2.05, 4.69) is 10.4 Å². The molecule has 5 nitrogen and oxygen atoms in total. The molecular formula is C19H24F2N4O. The fourth-order valence-corrected chi connectivity index (χ4v) is 3.30. The van der Waals surface area contributed by atoms with Crippen molar-refractivity contribution < 1.29 is 8.78 Å². The molecule has 1 fully saturated rings. The van der Waals surface area contributed by atoms with Gasteiger partial charge in [0, 0.05) is 49.9 Å². The molecule has 2 aromatic rings. The highest BCUT2D eigenvalue weighted by molar-refractivity contribution is 5.70. The molecule has 1 N–H and O–H groups in total. The Morgan fingerprint density at radius 1 is 1.23 bits per heavy atom. The van der Waals surface area contributed by atoms with Gasteiger partial charge < -0.3 is 10.2 Å². The first-order chi connectivity index (χ1) is 12.4. The maximum atomic E-state index is 14.4. The lowest BCUT2D eigenvalue weighted by atomic mass is 10.0. The molecule has 3 rings (SSSR count). The van der Waals surface area contributed by atoms with E-state index in [0.29, 0.717) is 36.6 Å². The molecule has 0 amide bonds. The molecule has 1 aliphatic rings. The van der Waals surface area contributed by atoms with Crippen molar-refractivity contribution in [2.24, 2.45) is 5.92 Å². The van der Waals surface area contributed by atoms with Gasteiger partial charge in [-0.15, -0.1) is 0 Å². The zero-order valence-corrected chi connectivity index (χ0v) is 15.4. The number of nitrogens with zero attached hydrogens (tertiary/aromatic N) is 3. The van der Waals surface area contributed by atoms with Gasteiger partial charge in [-0.2, -0.15) is 5.10 Å². The predicted octanol–water partition coefficient (Wildman–Crippen LogP) is 2.56. The maximum absolute atomic E-state index is 14.4. The molecule has 0 unspecified atom stereocenters. The minimum atomic E-state index is -0.679. The second-order valence-corrected chi connectivity index (χ2v) is 7.06. The molecule has 0 saturated carbocycles. The van der Waals surface area contributed by atoms with Crippen molar-refractivity contribution in [3.63, 3.8) is 0 Å². The van der Waals surface area contributed by atoms with Gasteiger partial charge >= 0.3 is 0 Å². The third-order valence-electron chi connectivity index (χ3n) is 4.53. The van der Waals surface area contributed by atoms with Gasteiger partial charge in [-0.3, -0.25) is 4.79 Å². The number of hydrogen-bond acceptors (Lipinski definition) is 4. The topological polar surface area (TPSA) is 50.2 Å². The smallest absolute Gasteiger partial charge is 0.290 e. The summed E-state index contributed by atoms with van der Waals surface area (Å²) < 4.78 is 29.1. The summed E-state index contributed by atoms with van der Waals surface area (Å²) in [5.41, 5.74) is 1.61. The van der Waals surface area contributed by atoms with Crippen LogP contribution in [0.5, 0.6) is 0 Å². The Labute approximate surface area is 151 Å². The largest absolute Gasteiger partial charge is 0.364 e. The summed E-state index contributed by atoms with van der Waals surface area (Å²) in [6, 6.07) is 3.44. The number of piperazine rings is 1. The second-order valence-electron chi connectivity index (χ2n) is 7.06. The van der Waals surface area contributed by atoms with E-state index in [0.717, 1.165) is 19.2 Å². The zero-order chi connectivity index (χ0) is 18.8. The summed E-state index contributed by atoms with van der Waals surface area (Å²) in [6.07, 6.45) is 0. The highest BCUT2D eigenvalue weighted by Crippen LogP contribution is 2.29. The lowest BCUT2D eigenvalue weighted by molar-refractivity contribution is 0.462. The number of halogens is 2. The molecule has 7 heteroatoms. The number of benzene rings is 1. The van der Waals surface area contributed by atoms with Crippen LogP contribution in [0.15, 0.2) is 23.0 Å². The van der Waals surface area contributed by atoms with E-state index in [-0.39, 0.29) is 17.0 Å². The van der Waals surface area contributed by atoms with Gasteiger partial charge in [0.25, 0.3) is 5.56 Å². The van der Waals surface area contributed by atoms with Gasteiger partial charge in [0.1, 0.15) is 17.3 Å². The van der Waals surface area contributed by atoms with E-state index < -0.39 is 11.6 Å². The summed E-state index contributed by atoms with van der Waals surface area (Å²) in [5.74, 6) is -1.10. The van der Waals surface area contributed by atoms with Gasteiger partial charge in [-0.1, -0.05) is 13.8 Å². The average molecular weight is 362 g/mol. The normalized spacial score (nSPS) is 14.9. The fraction of sp³-hybridized carbons (Fsp3) is 0.474. The van der Waals surface area contributed by atoms with Crippen molar-refractivity contribution in [2.75, 3.05) is 31.1 Å². The summed E-state index contributed by atoms with van der Waals surface area (Å²) >= 11 is 0. The van der Waals surface area contributed by atoms with E-state index in [1.54, 1.807) is 6.92 Å². The average Bonchev–Trinajstić information content (AvgIpc) is 2.59. The molecule has 2 heterocycles. The lowest BCUT2D eigenvalue weighted by Gasteiger charge is -2.31. The van der Waals surface area contributed by atoms with E-state index in [1.165, 1.54) is 16.8 Å². The molecule has 0 bridgehead atoms. The number of nitrogens with one attached hydrogen (secondary N) is 1. The molecule has 0 aliphatic carbocycles. The van der Waals surface area contributed by atoms with Crippen LogP contribution in [-0.4, -0.2) is 36.0 Å². The second kappa shape index (κ2) is 7.53. The Bertz CT molecular complexity index is 857. The van der Waals surface area contributed by atoms with Crippen LogP contribution in [0.1, 0.15) is 19.4 Å². The Balaban J connectivity index is 2.21. The highest BCUT2D eigenvalue weighted by atomic mass is 19.1. The Hall–Kier alpha value is -2.28. The minimum absolute atomic E-state index is 0.163. The van der Waals surface area contributed by atoms with Crippen LogP contribution in [-0.2, 0) is 6.54 Å².